The molecule has 3 unspecified atom stereocenters. The van der Waals surface area contributed by atoms with E-state index >= 15 is 0 Å². The van der Waals surface area contributed by atoms with Gasteiger partial charge in [0, 0.05) is 32.1 Å². The zero-order chi connectivity index (χ0) is 12.4. The van der Waals surface area contributed by atoms with Gasteiger partial charge in [0.15, 0.2) is 0 Å². The summed E-state index contributed by atoms with van der Waals surface area (Å²) in [6.45, 7) is 8.28. The van der Waals surface area contributed by atoms with Crippen molar-refractivity contribution in [3.8, 4) is 0 Å². The molecule has 98 valence electrons. The molecule has 3 atom stereocenters. The first-order chi connectivity index (χ1) is 8.08. The molecule has 3 nitrogen and oxygen atoms in total. The van der Waals surface area contributed by atoms with Gasteiger partial charge in [0.25, 0.3) is 0 Å². The molecule has 0 spiro atoms. The van der Waals surface area contributed by atoms with E-state index in [4.69, 9.17) is 0 Å². The normalized spacial score (nSPS) is 35.2. The van der Waals surface area contributed by atoms with Crippen LogP contribution in [0.15, 0.2) is 0 Å². The topological polar surface area (TPSA) is 32.3 Å². The van der Waals surface area contributed by atoms with E-state index in [1.165, 1.54) is 12.8 Å². The molecule has 1 saturated heterocycles. The van der Waals surface area contributed by atoms with Gasteiger partial charge in [0.1, 0.15) is 0 Å². The Labute approximate surface area is 105 Å². The summed E-state index contributed by atoms with van der Waals surface area (Å²) in [6, 6.07) is 1.34. The van der Waals surface area contributed by atoms with Crippen molar-refractivity contribution in [2.24, 2.45) is 11.8 Å². The van der Waals surface area contributed by atoms with E-state index in [1.807, 2.05) is 4.90 Å². The van der Waals surface area contributed by atoms with E-state index in [9.17, 15) is 4.79 Å². The Morgan fingerprint density at radius 2 is 1.76 bits per heavy atom. The summed E-state index contributed by atoms with van der Waals surface area (Å²) in [7, 11) is 0. The second-order valence-electron chi connectivity index (χ2n) is 5.97. The fourth-order valence-electron chi connectivity index (χ4n) is 3.26. The lowest BCUT2D eigenvalue weighted by Crippen LogP contribution is -2.48. The number of hydrogen-bond acceptors (Lipinski definition) is 2. The molecule has 1 aliphatic heterocycles. The fourth-order valence-corrected chi connectivity index (χ4v) is 3.26. The molecule has 0 radical (unpaired) electrons. The molecular weight excluding hydrogens is 212 g/mol. The number of nitrogens with one attached hydrogen (secondary N) is 1. The molecule has 1 amide bonds. The van der Waals surface area contributed by atoms with Crippen LogP contribution >= 0.6 is 0 Å². The molecular formula is C14H26N2O. The van der Waals surface area contributed by atoms with Crippen molar-refractivity contribution in [1.29, 1.82) is 0 Å². The molecule has 0 aromatic carbocycles. The van der Waals surface area contributed by atoms with Crippen molar-refractivity contribution in [2.75, 3.05) is 13.1 Å². The molecule has 2 rings (SSSR count). The molecule has 1 N–H and O–H groups in total. The predicted octanol–water partition coefficient (Wildman–Crippen LogP) is 2.02. The molecule has 0 aromatic heterocycles. The molecule has 0 aromatic rings. The van der Waals surface area contributed by atoms with Crippen LogP contribution in [0.4, 0.5) is 0 Å². The number of hydrogen-bond donors (Lipinski definition) is 1. The van der Waals surface area contributed by atoms with Gasteiger partial charge in [0.05, 0.1) is 0 Å². The summed E-state index contributed by atoms with van der Waals surface area (Å²) in [6.07, 6.45) is 4.94. The maximum absolute atomic E-state index is 11.3. The lowest BCUT2D eigenvalue weighted by molar-refractivity contribution is -0.129. The van der Waals surface area contributed by atoms with Crippen molar-refractivity contribution < 1.29 is 4.79 Å². The van der Waals surface area contributed by atoms with Gasteiger partial charge in [-0.15, -0.1) is 0 Å². The van der Waals surface area contributed by atoms with Gasteiger partial charge < -0.3 is 10.2 Å². The minimum atomic E-state index is 0.228. The third-order valence-electron chi connectivity index (χ3n) is 4.86. The summed E-state index contributed by atoms with van der Waals surface area (Å²) >= 11 is 0. The average molecular weight is 238 g/mol. The molecule has 1 heterocycles. The Morgan fingerprint density at radius 3 is 2.24 bits per heavy atom. The molecule has 1 saturated carbocycles. The Morgan fingerprint density at radius 1 is 1.12 bits per heavy atom. The van der Waals surface area contributed by atoms with Gasteiger partial charge in [-0.3, -0.25) is 4.79 Å². The highest BCUT2D eigenvalue weighted by atomic mass is 16.2. The van der Waals surface area contributed by atoms with Crippen LogP contribution in [0.3, 0.4) is 0 Å². The summed E-state index contributed by atoms with van der Waals surface area (Å²) in [5.74, 6) is 1.90. The highest BCUT2D eigenvalue weighted by molar-refractivity contribution is 5.73. The van der Waals surface area contributed by atoms with E-state index < -0.39 is 0 Å². The second-order valence-corrected chi connectivity index (χ2v) is 5.97. The molecule has 0 bridgehead atoms. The minimum absolute atomic E-state index is 0.228. The van der Waals surface area contributed by atoms with Crippen molar-refractivity contribution in [3.63, 3.8) is 0 Å². The number of nitrogens with zero attached hydrogens (tertiary/aromatic N) is 1. The van der Waals surface area contributed by atoms with Crippen molar-refractivity contribution in [1.82, 2.24) is 10.2 Å². The van der Waals surface area contributed by atoms with Crippen molar-refractivity contribution in [3.05, 3.63) is 0 Å². The number of likely N-dealkylation sites (tertiary alicyclic amines) is 1. The SMILES string of the molecule is CC(=O)N1CCC(NC2CCC(C)C2C)CC1. The average Bonchev–Trinajstić information content (AvgIpc) is 2.62. The summed E-state index contributed by atoms with van der Waals surface area (Å²) in [5, 5.41) is 3.82. The van der Waals surface area contributed by atoms with Crippen LogP contribution in [0, 0.1) is 11.8 Å². The van der Waals surface area contributed by atoms with Crippen LogP contribution in [0.1, 0.15) is 46.5 Å². The van der Waals surface area contributed by atoms with Crippen molar-refractivity contribution in [2.45, 2.75) is 58.5 Å². The molecule has 2 aliphatic rings. The number of amides is 1. The summed E-state index contributed by atoms with van der Waals surface area (Å²) in [4.78, 5) is 13.2. The minimum Gasteiger partial charge on any atom is -0.343 e. The zero-order valence-corrected chi connectivity index (χ0v) is 11.4. The van der Waals surface area contributed by atoms with E-state index in [0.29, 0.717) is 12.1 Å². The van der Waals surface area contributed by atoms with E-state index in [-0.39, 0.29) is 5.91 Å². The highest BCUT2D eigenvalue weighted by Gasteiger charge is 2.32. The van der Waals surface area contributed by atoms with E-state index in [0.717, 1.165) is 37.8 Å². The maximum Gasteiger partial charge on any atom is 0.219 e. The Kier molecular flexibility index (Phi) is 4.08. The standard InChI is InChI=1S/C14H26N2O/c1-10-4-5-14(11(10)2)15-13-6-8-16(9-7-13)12(3)17/h10-11,13-15H,4-9H2,1-3H3. The van der Waals surface area contributed by atoms with Crippen LogP contribution in [0.25, 0.3) is 0 Å². The Hall–Kier alpha value is -0.570. The lowest BCUT2D eigenvalue weighted by atomic mass is 9.96. The van der Waals surface area contributed by atoms with Gasteiger partial charge in [-0.2, -0.15) is 0 Å². The number of piperidine rings is 1. The van der Waals surface area contributed by atoms with Gasteiger partial charge in [0.2, 0.25) is 5.91 Å². The van der Waals surface area contributed by atoms with Crippen LogP contribution in [-0.4, -0.2) is 36.0 Å². The predicted molar refractivity (Wildman–Crippen MR) is 69.8 cm³/mol. The maximum atomic E-state index is 11.3. The second kappa shape index (κ2) is 5.38. The molecule has 17 heavy (non-hydrogen) atoms. The van der Waals surface area contributed by atoms with Gasteiger partial charge in [-0.1, -0.05) is 13.8 Å². The van der Waals surface area contributed by atoms with Crippen LogP contribution in [0.2, 0.25) is 0 Å². The van der Waals surface area contributed by atoms with E-state index in [2.05, 4.69) is 19.2 Å². The zero-order valence-electron chi connectivity index (χ0n) is 11.4. The van der Waals surface area contributed by atoms with Crippen LogP contribution in [-0.2, 0) is 4.79 Å². The monoisotopic (exact) mass is 238 g/mol. The third-order valence-corrected chi connectivity index (χ3v) is 4.86. The smallest absolute Gasteiger partial charge is 0.219 e. The van der Waals surface area contributed by atoms with Gasteiger partial charge >= 0.3 is 0 Å². The quantitative estimate of drug-likeness (QED) is 0.798. The summed E-state index contributed by atoms with van der Waals surface area (Å²) in [5.41, 5.74) is 0. The van der Waals surface area contributed by atoms with Crippen molar-refractivity contribution >= 4 is 5.91 Å². The number of rotatable bonds is 2. The first-order valence-corrected chi connectivity index (χ1v) is 7.09. The summed E-state index contributed by atoms with van der Waals surface area (Å²) < 4.78 is 0. The van der Waals surface area contributed by atoms with Gasteiger partial charge in [-0.05, 0) is 37.5 Å². The fraction of sp³-hybridized carbons (Fsp3) is 0.929. The molecule has 2 fully saturated rings. The Balaban J connectivity index is 1.77. The first kappa shape index (κ1) is 12.9. The van der Waals surface area contributed by atoms with Crippen LogP contribution < -0.4 is 5.32 Å². The molecule has 1 aliphatic carbocycles. The highest BCUT2D eigenvalue weighted by Crippen LogP contribution is 2.31. The largest absolute Gasteiger partial charge is 0.343 e. The third kappa shape index (κ3) is 3.01. The van der Waals surface area contributed by atoms with Crippen LogP contribution in [0.5, 0.6) is 0 Å². The van der Waals surface area contributed by atoms with Gasteiger partial charge in [-0.25, -0.2) is 0 Å². The number of carbonyl (C=O) groups excluding carboxylic acids is 1. The number of carbonyl (C=O) groups is 1. The van der Waals surface area contributed by atoms with E-state index in [1.54, 1.807) is 6.92 Å². The lowest BCUT2D eigenvalue weighted by Gasteiger charge is -2.34. The Bertz CT molecular complexity index is 271. The molecule has 3 heteroatoms. The first-order valence-electron chi connectivity index (χ1n) is 7.09.